The average Bonchev–Trinajstić information content (AvgIpc) is 2.72. The molecule has 74 valence electrons. The second kappa shape index (κ2) is 3.97. The van der Waals surface area contributed by atoms with Gasteiger partial charge in [-0.3, -0.25) is 4.68 Å². The third-order valence-corrected chi connectivity index (χ3v) is 3.42. The summed E-state index contributed by atoms with van der Waals surface area (Å²) in [7, 11) is 1.90. The minimum absolute atomic E-state index is 0.520. The fourth-order valence-corrected chi connectivity index (χ4v) is 2.46. The molecule has 0 aliphatic rings. The summed E-state index contributed by atoms with van der Waals surface area (Å²) in [6.45, 7) is 0. The molecule has 0 amide bonds. The predicted octanol–water partition coefficient (Wildman–Crippen LogP) is 1.15. The van der Waals surface area contributed by atoms with Gasteiger partial charge in [-0.15, -0.1) is 22.0 Å². The van der Waals surface area contributed by atoms with Crippen molar-refractivity contribution in [1.29, 1.82) is 0 Å². The average molecular weight is 227 g/mol. The van der Waals surface area contributed by atoms with Crippen molar-refractivity contribution >= 4 is 28.2 Å². The molecule has 0 aliphatic carbocycles. The Labute approximate surface area is 89.3 Å². The maximum Gasteiger partial charge on any atom is 0.203 e. The maximum absolute atomic E-state index is 5.47. The summed E-state index contributed by atoms with van der Waals surface area (Å²) in [6.07, 6.45) is 3.80. The van der Waals surface area contributed by atoms with E-state index in [9.17, 15) is 0 Å². The molecular weight excluding hydrogens is 218 g/mol. The largest absolute Gasteiger partial charge is 0.374 e. The minimum Gasteiger partial charge on any atom is -0.374 e. The van der Waals surface area contributed by atoms with Crippen LogP contribution in [0.4, 0.5) is 5.13 Å². The summed E-state index contributed by atoms with van der Waals surface area (Å²) >= 11 is 3.10. The van der Waals surface area contributed by atoms with E-state index in [0.717, 1.165) is 15.7 Å². The van der Waals surface area contributed by atoms with Gasteiger partial charge in [0.2, 0.25) is 5.13 Å². The first kappa shape index (κ1) is 9.47. The van der Waals surface area contributed by atoms with Crippen LogP contribution in [-0.4, -0.2) is 20.0 Å². The van der Waals surface area contributed by atoms with Crippen LogP contribution in [0.2, 0.25) is 0 Å². The Bertz CT molecular complexity index is 381. The number of aromatic nitrogens is 4. The van der Waals surface area contributed by atoms with Gasteiger partial charge in [0.25, 0.3) is 0 Å². The topological polar surface area (TPSA) is 69.6 Å². The maximum atomic E-state index is 5.47. The Balaban J connectivity index is 1.94. The lowest BCUT2D eigenvalue weighted by Crippen LogP contribution is -1.84. The Hall–Kier alpha value is -1.08. The SMILES string of the molecule is Cn1cc(SCc2nnc(N)s2)cn1. The van der Waals surface area contributed by atoms with Crippen molar-refractivity contribution in [3.05, 3.63) is 17.4 Å². The molecule has 2 N–H and O–H groups in total. The number of hydrogen-bond donors (Lipinski definition) is 1. The number of rotatable bonds is 3. The summed E-state index contributed by atoms with van der Waals surface area (Å²) in [6, 6.07) is 0. The highest BCUT2D eigenvalue weighted by atomic mass is 32.2. The number of anilines is 1. The van der Waals surface area contributed by atoms with E-state index < -0.39 is 0 Å². The lowest BCUT2D eigenvalue weighted by Gasteiger charge is -1.91. The molecule has 2 rings (SSSR count). The predicted molar refractivity (Wildman–Crippen MR) is 57.1 cm³/mol. The van der Waals surface area contributed by atoms with E-state index in [2.05, 4.69) is 15.3 Å². The summed E-state index contributed by atoms with van der Waals surface area (Å²) in [4.78, 5) is 1.13. The van der Waals surface area contributed by atoms with E-state index in [1.807, 2.05) is 19.4 Å². The van der Waals surface area contributed by atoms with Gasteiger partial charge in [-0.1, -0.05) is 11.3 Å². The smallest absolute Gasteiger partial charge is 0.203 e. The molecule has 0 aliphatic heterocycles. The molecule has 2 aromatic heterocycles. The summed E-state index contributed by atoms with van der Waals surface area (Å²) in [5, 5.41) is 13.2. The van der Waals surface area contributed by atoms with Crippen LogP contribution in [0.3, 0.4) is 0 Å². The minimum atomic E-state index is 0.520. The van der Waals surface area contributed by atoms with E-state index in [-0.39, 0.29) is 0 Å². The van der Waals surface area contributed by atoms with Crippen LogP contribution in [0.5, 0.6) is 0 Å². The monoisotopic (exact) mass is 227 g/mol. The van der Waals surface area contributed by atoms with Gasteiger partial charge in [0.1, 0.15) is 5.01 Å². The second-order valence-electron chi connectivity index (χ2n) is 2.67. The highest BCUT2D eigenvalue weighted by Gasteiger charge is 2.03. The van der Waals surface area contributed by atoms with Crippen molar-refractivity contribution in [1.82, 2.24) is 20.0 Å². The third-order valence-electron chi connectivity index (χ3n) is 1.53. The molecule has 0 aromatic carbocycles. The zero-order chi connectivity index (χ0) is 9.97. The lowest BCUT2D eigenvalue weighted by molar-refractivity contribution is 0.766. The van der Waals surface area contributed by atoms with Crippen LogP contribution < -0.4 is 5.73 Å². The lowest BCUT2D eigenvalue weighted by atomic mass is 10.7. The molecule has 7 heteroatoms. The van der Waals surface area contributed by atoms with E-state index in [0.29, 0.717) is 5.13 Å². The summed E-state index contributed by atoms with van der Waals surface area (Å²) < 4.78 is 1.77. The van der Waals surface area contributed by atoms with Crippen molar-refractivity contribution in [2.45, 2.75) is 10.6 Å². The molecule has 0 atom stereocenters. The van der Waals surface area contributed by atoms with Crippen LogP contribution in [0.25, 0.3) is 0 Å². The van der Waals surface area contributed by atoms with Crippen molar-refractivity contribution < 1.29 is 0 Å². The molecular formula is C7H9N5S2. The van der Waals surface area contributed by atoms with E-state index in [1.165, 1.54) is 11.3 Å². The first-order valence-corrected chi connectivity index (χ1v) is 5.73. The van der Waals surface area contributed by atoms with E-state index in [1.54, 1.807) is 16.4 Å². The molecule has 0 saturated carbocycles. The molecule has 2 heterocycles. The number of thioether (sulfide) groups is 1. The molecule has 0 bridgehead atoms. The number of nitrogens with two attached hydrogens (primary N) is 1. The van der Waals surface area contributed by atoms with Crippen molar-refractivity contribution in [2.75, 3.05) is 5.73 Å². The number of nitrogen functional groups attached to an aromatic ring is 1. The first-order chi connectivity index (χ1) is 6.74. The molecule has 0 radical (unpaired) electrons. The van der Waals surface area contributed by atoms with Crippen LogP contribution in [-0.2, 0) is 12.8 Å². The number of aryl methyl sites for hydroxylation is 1. The number of nitrogens with zero attached hydrogens (tertiary/aromatic N) is 4. The summed E-state index contributed by atoms with van der Waals surface area (Å²) in [5.41, 5.74) is 5.47. The van der Waals surface area contributed by atoms with Crippen molar-refractivity contribution in [3.8, 4) is 0 Å². The first-order valence-electron chi connectivity index (χ1n) is 3.93. The Morgan fingerprint density at radius 3 is 3.00 bits per heavy atom. The van der Waals surface area contributed by atoms with Crippen molar-refractivity contribution in [2.24, 2.45) is 7.05 Å². The molecule has 0 saturated heterocycles. The van der Waals surface area contributed by atoms with Crippen LogP contribution in [0, 0.1) is 0 Å². The quantitative estimate of drug-likeness (QED) is 0.796. The highest BCUT2D eigenvalue weighted by Crippen LogP contribution is 2.23. The molecule has 5 nitrogen and oxygen atoms in total. The van der Waals surface area contributed by atoms with Gasteiger partial charge in [0.05, 0.1) is 11.9 Å². The zero-order valence-corrected chi connectivity index (χ0v) is 9.18. The molecule has 0 spiro atoms. The van der Waals surface area contributed by atoms with Gasteiger partial charge in [0.15, 0.2) is 0 Å². The molecule has 0 unspecified atom stereocenters. The normalized spacial score (nSPS) is 10.6. The van der Waals surface area contributed by atoms with Gasteiger partial charge < -0.3 is 5.73 Å². The van der Waals surface area contributed by atoms with Crippen LogP contribution in [0.15, 0.2) is 17.3 Å². The van der Waals surface area contributed by atoms with Crippen LogP contribution in [0.1, 0.15) is 5.01 Å². The molecule has 14 heavy (non-hydrogen) atoms. The van der Waals surface area contributed by atoms with E-state index in [4.69, 9.17) is 5.73 Å². The van der Waals surface area contributed by atoms with Crippen LogP contribution >= 0.6 is 23.1 Å². The fraction of sp³-hybridized carbons (Fsp3) is 0.286. The Morgan fingerprint density at radius 2 is 2.43 bits per heavy atom. The van der Waals surface area contributed by atoms with Gasteiger partial charge in [-0.2, -0.15) is 5.10 Å². The van der Waals surface area contributed by atoms with E-state index >= 15 is 0 Å². The van der Waals surface area contributed by atoms with Gasteiger partial charge in [0, 0.05) is 18.1 Å². The molecule has 2 aromatic rings. The molecule has 0 fully saturated rings. The Kier molecular flexibility index (Phi) is 2.69. The number of hydrogen-bond acceptors (Lipinski definition) is 6. The zero-order valence-electron chi connectivity index (χ0n) is 7.54. The fourth-order valence-electron chi connectivity index (χ4n) is 0.943. The standard InChI is InChI=1S/C7H9N5S2/c1-12-3-5(2-9-12)13-4-6-10-11-7(8)14-6/h2-3H,4H2,1H3,(H2,8,11). The van der Waals surface area contributed by atoms with Crippen molar-refractivity contribution in [3.63, 3.8) is 0 Å². The second-order valence-corrected chi connectivity index (χ2v) is 4.81. The summed E-state index contributed by atoms with van der Waals surface area (Å²) in [5.74, 6) is 0.792. The van der Waals surface area contributed by atoms with Gasteiger partial charge in [-0.25, -0.2) is 0 Å². The van der Waals surface area contributed by atoms with Gasteiger partial charge in [-0.05, 0) is 0 Å². The highest BCUT2D eigenvalue weighted by molar-refractivity contribution is 7.98. The van der Waals surface area contributed by atoms with Gasteiger partial charge >= 0.3 is 0 Å². The Morgan fingerprint density at radius 1 is 1.57 bits per heavy atom. The third kappa shape index (κ3) is 2.24.